The topological polar surface area (TPSA) is 56.8 Å². The number of methoxy groups -OCH3 is 1. The molecule has 22 heavy (non-hydrogen) atoms. The molecule has 0 spiro atoms. The van der Waals surface area contributed by atoms with Crippen molar-refractivity contribution >= 4 is 5.91 Å². The average molecular weight is 307 g/mol. The zero-order valence-corrected chi connectivity index (χ0v) is 13.2. The van der Waals surface area contributed by atoms with Gasteiger partial charge in [-0.05, 0) is 49.4 Å². The van der Waals surface area contributed by atoms with Crippen LogP contribution in [0, 0.1) is 5.92 Å². The molecule has 2 rings (SSSR count). The molecule has 122 valence electrons. The highest BCUT2D eigenvalue weighted by atomic mass is 16.5. The van der Waals surface area contributed by atoms with E-state index in [4.69, 9.17) is 14.2 Å². The highest BCUT2D eigenvalue weighted by molar-refractivity contribution is 5.75. The van der Waals surface area contributed by atoms with Gasteiger partial charge >= 0.3 is 0 Å². The maximum Gasteiger partial charge on any atom is 0.220 e. The van der Waals surface area contributed by atoms with Crippen molar-refractivity contribution in [3.05, 3.63) is 24.3 Å². The summed E-state index contributed by atoms with van der Waals surface area (Å²) in [5.74, 6) is 2.31. The van der Waals surface area contributed by atoms with Crippen LogP contribution in [0.4, 0.5) is 0 Å². The van der Waals surface area contributed by atoms with Crippen molar-refractivity contribution in [3.63, 3.8) is 0 Å². The maximum absolute atomic E-state index is 11.8. The van der Waals surface area contributed by atoms with E-state index in [1.807, 2.05) is 24.3 Å². The van der Waals surface area contributed by atoms with Gasteiger partial charge in [0.25, 0.3) is 0 Å². The van der Waals surface area contributed by atoms with Crippen molar-refractivity contribution in [2.24, 2.45) is 5.92 Å². The summed E-state index contributed by atoms with van der Waals surface area (Å²) in [4.78, 5) is 11.8. The van der Waals surface area contributed by atoms with Crippen LogP contribution in [-0.4, -0.2) is 39.4 Å². The van der Waals surface area contributed by atoms with Crippen LogP contribution in [0.3, 0.4) is 0 Å². The van der Waals surface area contributed by atoms with Gasteiger partial charge in [-0.15, -0.1) is 0 Å². The molecule has 1 aliphatic heterocycles. The van der Waals surface area contributed by atoms with Crippen LogP contribution in [0.2, 0.25) is 0 Å². The van der Waals surface area contributed by atoms with E-state index in [-0.39, 0.29) is 5.91 Å². The molecule has 1 fully saturated rings. The number of nitrogens with one attached hydrogen (secondary N) is 1. The number of carbonyl (C=O) groups excluding carboxylic acids is 1. The first-order valence-electron chi connectivity index (χ1n) is 7.89. The Bertz CT molecular complexity index is 440. The van der Waals surface area contributed by atoms with Gasteiger partial charge in [0.1, 0.15) is 18.1 Å². The second kappa shape index (κ2) is 9.30. The highest BCUT2D eigenvalue weighted by Gasteiger charge is 2.14. The zero-order valence-electron chi connectivity index (χ0n) is 13.2. The first kappa shape index (κ1) is 16.6. The average Bonchev–Trinajstić information content (AvgIpc) is 2.58. The van der Waals surface area contributed by atoms with Crippen molar-refractivity contribution < 1.29 is 19.0 Å². The van der Waals surface area contributed by atoms with E-state index in [0.29, 0.717) is 25.5 Å². The normalized spacial score (nSPS) is 15.3. The third kappa shape index (κ3) is 5.93. The number of benzene rings is 1. The van der Waals surface area contributed by atoms with Crippen molar-refractivity contribution in [1.82, 2.24) is 5.32 Å². The molecule has 1 amide bonds. The van der Waals surface area contributed by atoms with E-state index in [0.717, 1.165) is 44.0 Å². The van der Waals surface area contributed by atoms with Crippen LogP contribution in [0.15, 0.2) is 24.3 Å². The molecule has 0 radical (unpaired) electrons. The Balaban J connectivity index is 1.54. The summed E-state index contributed by atoms with van der Waals surface area (Å²) < 4.78 is 16.0. The number of hydrogen-bond acceptors (Lipinski definition) is 4. The molecule has 0 aliphatic carbocycles. The number of amides is 1. The fourth-order valence-electron chi connectivity index (χ4n) is 2.49. The molecule has 0 saturated carbocycles. The van der Waals surface area contributed by atoms with Gasteiger partial charge in [0, 0.05) is 19.6 Å². The Morgan fingerprint density at radius 2 is 1.91 bits per heavy atom. The lowest BCUT2D eigenvalue weighted by Gasteiger charge is -2.21. The largest absolute Gasteiger partial charge is 0.497 e. The standard InChI is InChI=1S/C17H25NO4/c1-20-15-3-5-16(6-4-15)22-13-10-18-17(19)7-2-14-8-11-21-12-9-14/h3-6,14H,2,7-13H2,1H3,(H,18,19). The van der Waals surface area contributed by atoms with Crippen LogP contribution >= 0.6 is 0 Å². The molecule has 1 aliphatic rings. The Hall–Kier alpha value is -1.75. The summed E-state index contributed by atoms with van der Waals surface area (Å²) >= 11 is 0. The Morgan fingerprint density at radius 3 is 2.59 bits per heavy atom. The lowest BCUT2D eigenvalue weighted by Crippen LogP contribution is -2.28. The summed E-state index contributed by atoms with van der Waals surface area (Å²) in [5.41, 5.74) is 0. The van der Waals surface area contributed by atoms with Crippen molar-refractivity contribution in [3.8, 4) is 11.5 Å². The van der Waals surface area contributed by atoms with Gasteiger partial charge in [-0.25, -0.2) is 0 Å². The number of rotatable bonds is 8. The smallest absolute Gasteiger partial charge is 0.220 e. The van der Waals surface area contributed by atoms with Crippen LogP contribution < -0.4 is 14.8 Å². The minimum absolute atomic E-state index is 0.102. The third-order valence-electron chi connectivity index (χ3n) is 3.87. The first-order chi connectivity index (χ1) is 10.8. The Morgan fingerprint density at radius 1 is 1.23 bits per heavy atom. The molecular formula is C17H25NO4. The first-order valence-corrected chi connectivity index (χ1v) is 7.89. The molecule has 1 heterocycles. The molecule has 1 saturated heterocycles. The molecule has 0 unspecified atom stereocenters. The third-order valence-corrected chi connectivity index (χ3v) is 3.87. The number of carbonyl (C=O) groups is 1. The van der Waals surface area contributed by atoms with Crippen LogP contribution in [0.1, 0.15) is 25.7 Å². The van der Waals surface area contributed by atoms with Gasteiger partial charge in [-0.3, -0.25) is 4.79 Å². The number of ether oxygens (including phenoxy) is 3. The molecule has 0 atom stereocenters. The summed E-state index contributed by atoms with van der Waals surface area (Å²) in [6.45, 7) is 2.66. The molecule has 0 aromatic heterocycles. The summed E-state index contributed by atoms with van der Waals surface area (Å²) in [6.07, 6.45) is 3.70. The monoisotopic (exact) mass is 307 g/mol. The second-order valence-corrected chi connectivity index (χ2v) is 5.47. The number of hydrogen-bond donors (Lipinski definition) is 1. The van der Waals surface area contributed by atoms with E-state index in [1.54, 1.807) is 7.11 Å². The van der Waals surface area contributed by atoms with Gasteiger partial charge in [-0.1, -0.05) is 0 Å². The highest BCUT2D eigenvalue weighted by Crippen LogP contribution is 2.19. The van der Waals surface area contributed by atoms with Crippen molar-refractivity contribution in [2.75, 3.05) is 33.5 Å². The van der Waals surface area contributed by atoms with E-state index in [9.17, 15) is 4.79 Å². The molecular weight excluding hydrogens is 282 g/mol. The Kier molecular flexibility index (Phi) is 7.03. The van der Waals surface area contributed by atoms with Crippen LogP contribution in [-0.2, 0) is 9.53 Å². The van der Waals surface area contributed by atoms with Gasteiger partial charge in [0.2, 0.25) is 5.91 Å². The summed E-state index contributed by atoms with van der Waals surface area (Å²) in [6, 6.07) is 7.40. The fraction of sp³-hybridized carbons (Fsp3) is 0.588. The van der Waals surface area contributed by atoms with E-state index < -0.39 is 0 Å². The zero-order chi connectivity index (χ0) is 15.6. The predicted octanol–water partition coefficient (Wildman–Crippen LogP) is 2.40. The minimum atomic E-state index is 0.102. The van der Waals surface area contributed by atoms with E-state index in [2.05, 4.69) is 5.32 Å². The summed E-state index contributed by atoms with van der Waals surface area (Å²) in [5, 5.41) is 2.90. The van der Waals surface area contributed by atoms with Gasteiger partial charge in [-0.2, -0.15) is 0 Å². The van der Waals surface area contributed by atoms with E-state index in [1.165, 1.54) is 0 Å². The molecule has 1 N–H and O–H groups in total. The van der Waals surface area contributed by atoms with Gasteiger partial charge < -0.3 is 19.5 Å². The molecule has 5 nitrogen and oxygen atoms in total. The second-order valence-electron chi connectivity index (χ2n) is 5.47. The van der Waals surface area contributed by atoms with Crippen LogP contribution in [0.5, 0.6) is 11.5 Å². The molecule has 1 aromatic carbocycles. The van der Waals surface area contributed by atoms with Gasteiger partial charge in [0.05, 0.1) is 13.7 Å². The van der Waals surface area contributed by atoms with Crippen LogP contribution in [0.25, 0.3) is 0 Å². The predicted molar refractivity (Wildman–Crippen MR) is 84.3 cm³/mol. The summed E-state index contributed by atoms with van der Waals surface area (Å²) in [7, 11) is 1.63. The molecule has 0 bridgehead atoms. The fourth-order valence-corrected chi connectivity index (χ4v) is 2.49. The minimum Gasteiger partial charge on any atom is -0.497 e. The van der Waals surface area contributed by atoms with Crippen molar-refractivity contribution in [1.29, 1.82) is 0 Å². The van der Waals surface area contributed by atoms with Gasteiger partial charge in [0.15, 0.2) is 0 Å². The van der Waals surface area contributed by atoms with Crippen molar-refractivity contribution in [2.45, 2.75) is 25.7 Å². The molecule has 1 aromatic rings. The maximum atomic E-state index is 11.8. The SMILES string of the molecule is COc1ccc(OCCNC(=O)CCC2CCOCC2)cc1. The lowest BCUT2D eigenvalue weighted by atomic mass is 9.95. The van der Waals surface area contributed by atoms with E-state index >= 15 is 0 Å². The molecule has 5 heteroatoms. The Labute approximate surface area is 131 Å². The quantitative estimate of drug-likeness (QED) is 0.749. The lowest BCUT2D eigenvalue weighted by molar-refractivity contribution is -0.121.